The van der Waals surface area contributed by atoms with Crippen LogP contribution < -0.4 is 14.4 Å². The number of piperazine rings is 1. The third kappa shape index (κ3) is 5.89. The molecule has 3 aromatic rings. The van der Waals surface area contributed by atoms with Crippen LogP contribution in [0.5, 0.6) is 5.75 Å². The highest BCUT2D eigenvalue weighted by Crippen LogP contribution is 2.24. The van der Waals surface area contributed by atoms with E-state index in [2.05, 4.69) is 4.72 Å². The van der Waals surface area contributed by atoms with E-state index in [4.69, 9.17) is 4.74 Å². The molecule has 0 spiro atoms. The monoisotopic (exact) mass is 501 g/mol. The summed E-state index contributed by atoms with van der Waals surface area (Å²) in [4.78, 5) is 16.2. The van der Waals surface area contributed by atoms with Gasteiger partial charge in [-0.05, 0) is 67.1 Å². The Labute approximate surface area is 203 Å². The number of carbonyl (C=O) groups is 1. The number of para-hydroxylation sites is 1. The van der Waals surface area contributed by atoms with Crippen molar-refractivity contribution in [3.05, 3.63) is 83.9 Å². The van der Waals surface area contributed by atoms with Gasteiger partial charge in [-0.2, -0.15) is 0 Å². The van der Waals surface area contributed by atoms with Crippen LogP contribution in [-0.2, 0) is 14.8 Å². The molecule has 1 fully saturated rings. The third-order valence-corrected chi connectivity index (χ3v) is 7.11. The zero-order chi connectivity index (χ0) is 25.0. The first-order valence-electron chi connectivity index (χ1n) is 11.0. The van der Waals surface area contributed by atoms with Gasteiger partial charge in [0.05, 0.1) is 10.6 Å². The summed E-state index contributed by atoms with van der Waals surface area (Å²) < 4.78 is 60.4. The molecule has 0 atom stereocenters. The number of rotatable bonds is 7. The van der Waals surface area contributed by atoms with Crippen molar-refractivity contribution in [3.8, 4) is 5.75 Å². The van der Waals surface area contributed by atoms with E-state index in [9.17, 15) is 22.0 Å². The molecule has 0 aliphatic carbocycles. The van der Waals surface area contributed by atoms with Gasteiger partial charge < -0.3 is 14.5 Å². The Kier molecular flexibility index (Phi) is 7.20. The first-order valence-corrected chi connectivity index (χ1v) is 12.5. The topological polar surface area (TPSA) is 78.9 Å². The van der Waals surface area contributed by atoms with Gasteiger partial charge in [0.15, 0.2) is 6.61 Å². The summed E-state index contributed by atoms with van der Waals surface area (Å²) in [7, 11) is -3.88. The maximum Gasteiger partial charge on any atom is 0.261 e. The lowest BCUT2D eigenvalue weighted by Gasteiger charge is -2.36. The highest BCUT2D eigenvalue weighted by Gasteiger charge is 2.23. The second kappa shape index (κ2) is 10.3. The summed E-state index contributed by atoms with van der Waals surface area (Å²) in [6, 6.07) is 15.9. The summed E-state index contributed by atoms with van der Waals surface area (Å²) in [5.41, 5.74) is 1.31. The van der Waals surface area contributed by atoms with Crippen LogP contribution in [0.25, 0.3) is 0 Å². The number of amides is 1. The van der Waals surface area contributed by atoms with Crippen LogP contribution in [0, 0.1) is 18.6 Å². The van der Waals surface area contributed by atoms with Gasteiger partial charge in [0.1, 0.15) is 17.4 Å². The summed E-state index contributed by atoms with van der Waals surface area (Å²) >= 11 is 0. The lowest BCUT2D eigenvalue weighted by molar-refractivity contribution is -0.133. The molecule has 184 valence electrons. The minimum Gasteiger partial charge on any atom is -0.483 e. The number of halogens is 2. The first-order chi connectivity index (χ1) is 16.7. The number of hydrogen-bond acceptors (Lipinski definition) is 5. The maximum absolute atomic E-state index is 14.0. The molecule has 1 heterocycles. The molecule has 1 saturated heterocycles. The highest BCUT2D eigenvalue weighted by atomic mass is 32.2. The molecular weight excluding hydrogens is 476 g/mol. The molecule has 3 aromatic carbocycles. The Morgan fingerprint density at radius 2 is 1.66 bits per heavy atom. The third-order valence-electron chi connectivity index (χ3n) is 5.73. The minimum absolute atomic E-state index is 0.0160. The SMILES string of the molecule is Cc1cc(S(=O)(=O)Nc2ccc(F)cc2)ccc1OCC(=O)N1CCN(c2ccccc2F)CC1. The van der Waals surface area contributed by atoms with Crippen LogP contribution in [0.3, 0.4) is 0 Å². The first kappa shape index (κ1) is 24.5. The van der Waals surface area contributed by atoms with Crippen molar-refractivity contribution in [2.45, 2.75) is 11.8 Å². The van der Waals surface area contributed by atoms with E-state index in [-0.39, 0.29) is 28.9 Å². The number of nitrogens with zero attached hydrogens (tertiary/aromatic N) is 2. The van der Waals surface area contributed by atoms with E-state index in [1.54, 1.807) is 30.0 Å². The van der Waals surface area contributed by atoms with Crippen LogP contribution in [0.1, 0.15) is 5.56 Å². The van der Waals surface area contributed by atoms with E-state index < -0.39 is 15.8 Å². The largest absolute Gasteiger partial charge is 0.483 e. The summed E-state index contributed by atoms with van der Waals surface area (Å²) in [6.45, 7) is 3.41. The Hall–Kier alpha value is -3.66. The van der Waals surface area contributed by atoms with Gasteiger partial charge in [-0.1, -0.05) is 12.1 Å². The summed E-state index contributed by atoms with van der Waals surface area (Å²) in [6.07, 6.45) is 0. The molecule has 35 heavy (non-hydrogen) atoms. The van der Waals surface area contributed by atoms with Crippen molar-refractivity contribution >= 4 is 27.3 Å². The van der Waals surface area contributed by atoms with Crippen LogP contribution in [-0.4, -0.2) is 52.0 Å². The number of ether oxygens (including phenoxy) is 1. The Bertz CT molecular complexity index is 1310. The normalized spacial score (nSPS) is 14.0. The maximum atomic E-state index is 14.0. The van der Waals surface area contributed by atoms with Crippen molar-refractivity contribution in [2.75, 3.05) is 42.4 Å². The molecule has 4 rings (SSSR count). The average molecular weight is 502 g/mol. The van der Waals surface area contributed by atoms with Gasteiger partial charge in [-0.3, -0.25) is 9.52 Å². The smallest absolute Gasteiger partial charge is 0.261 e. The van der Waals surface area contributed by atoms with Crippen molar-refractivity contribution in [1.82, 2.24) is 4.90 Å². The van der Waals surface area contributed by atoms with E-state index in [1.165, 1.54) is 36.4 Å². The highest BCUT2D eigenvalue weighted by molar-refractivity contribution is 7.92. The van der Waals surface area contributed by atoms with Crippen molar-refractivity contribution in [1.29, 1.82) is 0 Å². The van der Waals surface area contributed by atoms with Gasteiger partial charge in [0.2, 0.25) is 0 Å². The van der Waals surface area contributed by atoms with Crippen LogP contribution in [0.15, 0.2) is 71.6 Å². The van der Waals surface area contributed by atoms with Crippen LogP contribution in [0.4, 0.5) is 20.2 Å². The Morgan fingerprint density at radius 1 is 0.971 bits per heavy atom. The minimum atomic E-state index is -3.88. The Balaban J connectivity index is 1.32. The van der Waals surface area contributed by atoms with Crippen molar-refractivity contribution in [2.24, 2.45) is 0 Å². The number of sulfonamides is 1. The van der Waals surface area contributed by atoms with Gasteiger partial charge in [-0.25, -0.2) is 17.2 Å². The molecule has 10 heteroatoms. The van der Waals surface area contributed by atoms with Crippen molar-refractivity contribution < 1.29 is 26.7 Å². The molecule has 7 nitrogen and oxygen atoms in total. The van der Waals surface area contributed by atoms with Crippen LogP contribution in [0.2, 0.25) is 0 Å². The lowest BCUT2D eigenvalue weighted by Crippen LogP contribution is -2.50. The van der Waals surface area contributed by atoms with Gasteiger partial charge in [-0.15, -0.1) is 0 Å². The molecule has 1 aliphatic rings. The van der Waals surface area contributed by atoms with E-state index in [0.717, 1.165) is 12.1 Å². The average Bonchev–Trinajstić information content (AvgIpc) is 2.85. The standard InChI is InChI=1S/C25H25F2N3O4S/c1-18-16-21(35(32,33)28-20-8-6-19(26)7-9-20)10-11-24(18)34-17-25(31)30-14-12-29(13-15-30)23-5-3-2-4-22(23)27/h2-11,16,28H,12-15,17H2,1H3. The predicted molar refractivity (Wildman–Crippen MR) is 129 cm³/mol. The second-order valence-electron chi connectivity index (χ2n) is 8.15. The lowest BCUT2D eigenvalue weighted by atomic mass is 10.2. The molecule has 0 aromatic heterocycles. The molecule has 1 aliphatic heterocycles. The van der Waals surface area contributed by atoms with Gasteiger partial charge >= 0.3 is 0 Å². The fourth-order valence-corrected chi connectivity index (χ4v) is 4.96. The number of nitrogens with one attached hydrogen (secondary N) is 1. The zero-order valence-corrected chi connectivity index (χ0v) is 19.9. The van der Waals surface area contributed by atoms with E-state index >= 15 is 0 Å². The number of benzene rings is 3. The second-order valence-corrected chi connectivity index (χ2v) is 9.83. The van der Waals surface area contributed by atoms with E-state index in [0.29, 0.717) is 43.2 Å². The zero-order valence-electron chi connectivity index (χ0n) is 19.1. The summed E-state index contributed by atoms with van der Waals surface area (Å²) in [5, 5.41) is 0. The fraction of sp³-hybridized carbons (Fsp3) is 0.240. The number of anilines is 2. The number of carbonyl (C=O) groups excluding carboxylic acids is 1. The number of aryl methyl sites for hydroxylation is 1. The van der Waals surface area contributed by atoms with Gasteiger partial charge in [0.25, 0.3) is 15.9 Å². The van der Waals surface area contributed by atoms with Crippen LogP contribution >= 0.6 is 0 Å². The summed E-state index contributed by atoms with van der Waals surface area (Å²) in [5.74, 6) is -0.562. The quantitative estimate of drug-likeness (QED) is 0.533. The molecule has 0 unspecified atom stereocenters. The number of hydrogen-bond donors (Lipinski definition) is 1. The molecular formula is C25H25F2N3O4S. The Morgan fingerprint density at radius 3 is 2.31 bits per heavy atom. The molecule has 0 radical (unpaired) electrons. The predicted octanol–water partition coefficient (Wildman–Crippen LogP) is 3.80. The van der Waals surface area contributed by atoms with E-state index in [1.807, 2.05) is 4.90 Å². The van der Waals surface area contributed by atoms with Crippen molar-refractivity contribution in [3.63, 3.8) is 0 Å². The molecule has 1 N–H and O–H groups in total. The molecule has 1 amide bonds. The molecule has 0 bridgehead atoms. The molecule has 0 saturated carbocycles. The van der Waals surface area contributed by atoms with Gasteiger partial charge in [0, 0.05) is 31.9 Å². The fourth-order valence-electron chi connectivity index (χ4n) is 3.82.